The Morgan fingerprint density at radius 1 is 1.29 bits per heavy atom. The van der Waals surface area contributed by atoms with Crippen LogP contribution in [0.4, 0.5) is 0 Å². The molecule has 80 valence electrons. The third kappa shape index (κ3) is 3.29. The molecule has 1 aliphatic heterocycles. The van der Waals surface area contributed by atoms with E-state index in [2.05, 4.69) is 30.4 Å². The minimum Gasteiger partial charge on any atom is -0.383 e. The van der Waals surface area contributed by atoms with Crippen molar-refractivity contribution in [1.29, 1.82) is 0 Å². The first-order chi connectivity index (χ1) is 6.79. The van der Waals surface area contributed by atoms with Crippen molar-refractivity contribution >= 4 is 0 Å². The van der Waals surface area contributed by atoms with E-state index in [1.165, 1.54) is 0 Å². The lowest BCUT2D eigenvalue weighted by atomic mass is 10.3. The lowest BCUT2D eigenvalue weighted by Crippen LogP contribution is -2.17. The van der Waals surface area contributed by atoms with E-state index in [1.807, 2.05) is 26.0 Å². The lowest BCUT2D eigenvalue weighted by molar-refractivity contribution is 0.431. The molecule has 1 N–H and O–H groups in total. The molecule has 0 fully saturated rings. The largest absolute Gasteiger partial charge is 0.383 e. The van der Waals surface area contributed by atoms with Gasteiger partial charge in [-0.2, -0.15) is 0 Å². The maximum Gasteiger partial charge on any atom is 0.0593 e. The Bertz CT molecular complexity index is 216. The van der Waals surface area contributed by atoms with Gasteiger partial charge in [0.1, 0.15) is 0 Å². The van der Waals surface area contributed by atoms with Crippen LogP contribution in [-0.2, 0) is 0 Å². The van der Waals surface area contributed by atoms with Crippen LogP contribution in [-0.4, -0.2) is 25.0 Å². The van der Waals surface area contributed by atoms with Crippen molar-refractivity contribution in [2.24, 2.45) is 0 Å². The van der Waals surface area contributed by atoms with Gasteiger partial charge >= 0.3 is 0 Å². The molecule has 1 aliphatic rings. The first-order valence-electron chi connectivity index (χ1n) is 5.23. The zero-order chi connectivity index (χ0) is 11.0. The van der Waals surface area contributed by atoms with Gasteiger partial charge in [-0.1, -0.05) is 27.0 Å². The van der Waals surface area contributed by atoms with Crippen LogP contribution in [0.5, 0.6) is 0 Å². The highest BCUT2D eigenvalue weighted by Gasteiger charge is 2.09. The highest BCUT2D eigenvalue weighted by atomic mass is 15.1. The fourth-order valence-electron chi connectivity index (χ4n) is 1.40. The third-order valence-corrected chi connectivity index (χ3v) is 2.07. The number of likely N-dealkylation sites (N-methyl/N-ethyl adjacent to an activating group) is 1. The van der Waals surface area contributed by atoms with Crippen LogP contribution in [0, 0.1) is 0 Å². The number of hydrogen-bond donors (Lipinski definition) is 1. The summed E-state index contributed by atoms with van der Waals surface area (Å²) in [4.78, 5) is 2.20. The van der Waals surface area contributed by atoms with Crippen molar-refractivity contribution in [2.45, 2.75) is 20.3 Å². The number of allylic oxidation sites excluding steroid dienone is 2. The van der Waals surface area contributed by atoms with E-state index in [4.69, 9.17) is 0 Å². The highest BCUT2D eigenvalue weighted by Crippen LogP contribution is 2.12. The Balaban J connectivity index is 0.000000791. The van der Waals surface area contributed by atoms with Gasteiger partial charge < -0.3 is 10.2 Å². The van der Waals surface area contributed by atoms with Crippen LogP contribution in [0.2, 0.25) is 0 Å². The standard InChI is InChI=1S/C10H16N2.C2H6/c1-4-9-10(5-2)12(3)8-6-7-11-9;1-2/h4-5,11H,1-2,6-8H2,3H3;1-2H3. The normalized spacial score (nSPS) is 16.1. The molecule has 2 heteroatoms. The minimum atomic E-state index is 1.02. The van der Waals surface area contributed by atoms with E-state index in [1.54, 1.807) is 0 Å². The third-order valence-electron chi connectivity index (χ3n) is 2.07. The molecule has 0 aromatic heterocycles. The average Bonchev–Trinajstić information content (AvgIpc) is 2.42. The summed E-state index contributed by atoms with van der Waals surface area (Å²) in [6.45, 7) is 13.6. The van der Waals surface area contributed by atoms with E-state index in [-0.39, 0.29) is 0 Å². The van der Waals surface area contributed by atoms with E-state index in [9.17, 15) is 0 Å². The Morgan fingerprint density at radius 2 is 1.93 bits per heavy atom. The minimum absolute atomic E-state index is 1.02. The first kappa shape index (κ1) is 12.8. The Morgan fingerprint density at radius 3 is 2.43 bits per heavy atom. The van der Waals surface area contributed by atoms with E-state index in [0.717, 1.165) is 30.9 Å². The second-order valence-corrected chi connectivity index (χ2v) is 2.91. The summed E-state index contributed by atoms with van der Waals surface area (Å²) in [7, 11) is 2.08. The fourth-order valence-corrected chi connectivity index (χ4v) is 1.40. The van der Waals surface area contributed by atoms with Crippen molar-refractivity contribution in [2.75, 3.05) is 20.1 Å². The summed E-state index contributed by atoms with van der Waals surface area (Å²) in [6, 6.07) is 0. The molecule has 0 atom stereocenters. The van der Waals surface area contributed by atoms with Gasteiger partial charge in [0.2, 0.25) is 0 Å². The van der Waals surface area contributed by atoms with Crippen molar-refractivity contribution in [3.63, 3.8) is 0 Å². The molecule has 0 radical (unpaired) electrons. The molecule has 0 aliphatic carbocycles. The second kappa shape index (κ2) is 7.25. The Labute approximate surface area is 88.0 Å². The van der Waals surface area contributed by atoms with E-state index in [0.29, 0.717) is 0 Å². The van der Waals surface area contributed by atoms with Crippen LogP contribution >= 0.6 is 0 Å². The van der Waals surface area contributed by atoms with Gasteiger partial charge in [0.15, 0.2) is 0 Å². The molecule has 0 saturated carbocycles. The summed E-state index contributed by atoms with van der Waals surface area (Å²) < 4.78 is 0. The zero-order valence-electron chi connectivity index (χ0n) is 9.64. The molecule has 1 rings (SSSR count). The van der Waals surface area contributed by atoms with Gasteiger partial charge in [-0.15, -0.1) is 0 Å². The maximum atomic E-state index is 3.79. The number of nitrogens with one attached hydrogen (secondary N) is 1. The van der Waals surface area contributed by atoms with Crippen molar-refractivity contribution in [3.05, 3.63) is 36.7 Å². The van der Waals surface area contributed by atoms with Crippen LogP contribution in [0.15, 0.2) is 36.7 Å². The average molecular weight is 194 g/mol. The molecule has 0 aromatic carbocycles. The number of rotatable bonds is 2. The first-order valence-corrected chi connectivity index (χ1v) is 5.23. The predicted octanol–water partition coefficient (Wildman–Crippen LogP) is 2.52. The fraction of sp³-hybridized carbons (Fsp3) is 0.500. The van der Waals surface area contributed by atoms with Crippen LogP contribution < -0.4 is 5.32 Å². The molecule has 0 spiro atoms. The lowest BCUT2D eigenvalue weighted by Gasteiger charge is -2.18. The molecule has 2 nitrogen and oxygen atoms in total. The van der Waals surface area contributed by atoms with Gasteiger partial charge in [0.25, 0.3) is 0 Å². The maximum absolute atomic E-state index is 3.79. The zero-order valence-corrected chi connectivity index (χ0v) is 9.64. The highest BCUT2D eigenvalue weighted by molar-refractivity contribution is 5.29. The smallest absolute Gasteiger partial charge is 0.0593 e. The molecule has 0 saturated heterocycles. The molecular formula is C12H22N2. The molecular weight excluding hydrogens is 172 g/mol. The Kier molecular flexibility index (Phi) is 6.63. The van der Waals surface area contributed by atoms with E-state index >= 15 is 0 Å². The van der Waals surface area contributed by atoms with Crippen molar-refractivity contribution in [1.82, 2.24) is 10.2 Å². The number of nitrogens with zero attached hydrogens (tertiary/aromatic N) is 1. The van der Waals surface area contributed by atoms with Gasteiger partial charge in [0.05, 0.1) is 11.4 Å². The van der Waals surface area contributed by atoms with Gasteiger partial charge in [-0.05, 0) is 18.6 Å². The second-order valence-electron chi connectivity index (χ2n) is 2.91. The van der Waals surface area contributed by atoms with Gasteiger partial charge in [-0.25, -0.2) is 0 Å². The van der Waals surface area contributed by atoms with E-state index < -0.39 is 0 Å². The van der Waals surface area contributed by atoms with Crippen molar-refractivity contribution in [3.8, 4) is 0 Å². The van der Waals surface area contributed by atoms with Crippen LogP contribution in [0.1, 0.15) is 20.3 Å². The molecule has 0 bridgehead atoms. The summed E-state index contributed by atoms with van der Waals surface area (Å²) >= 11 is 0. The van der Waals surface area contributed by atoms with Crippen LogP contribution in [0.25, 0.3) is 0 Å². The van der Waals surface area contributed by atoms with Crippen molar-refractivity contribution < 1.29 is 0 Å². The van der Waals surface area contributed by atoms with Gasteiger partial charge in [0, 0.05) is 20.1 Å². The molecule has 1 heterocycles. The summed E-state index contributed by atoms with van der Waals surface area (Å²) in [6.07, 6.45) is 4.87. The van der Waals surface area contributed by atoms with Crippen LogP contribution in [0.3, 0.4) is 0 Å². The number of hydrogen-bond acceptors (Lipinski definition) is 2. The molecule has 14 heavy (non-hydrogen) atoms. The molecule has 0 aromatic rings. The SMILES string of the molecule is C=CC1=C(C=C)N(C)CCCN1.CC. The summed E-state index contributed by atoms with van der Waals surface area (Å²) in [5, 5.41) is 3.31. The van der Waals surface area contributed by atoms with Gasteiger partial charge in [-0.3, -0.25) is 0 Å². The predicted molar refractivity (Wildman–Crippen MR) is 64.0 cm³/mol. The Hall–Kier alpha value is -1.18. The topological polar surface area (TPSA) is 15.3 Å². The summed E-state index contributed by atoms with van der Waals surface area (Å²) in [5.41, 5.74) is 2.23. The molecule has 0 amide bonds. The molecule has 0 unspecified atom stereocenters. The monoisotopic (exact) mass is 194 g/mol. The summed E-state index contributed by atoms with van der Waals surface area (Å²) in [5.74, 6) is 0. The quantitative estimate of drug-likeness (QED) is 0.726.